The molecule has 102 valence electrons. The summed E-state index contributed by atoms with van der Waals surface area (Å²) in [6.45, 7) is 5.05. The molecule has 1 heterocycles. The summed E-state index contributed by atoms with van der Waals surface area (Å²) >= 11 is 0. The van der Waals surface area contributed by atoms with Crippen LogP contribution in [0.1, 0.15) is 24.5 Å². The van der Waals surface area contributed by atoms with E-state index in [9.17, 15) is 0 Å². The van der Waals surface area contributed by atoms with Crippen LogP contribution in [0.2, 0.25) is 0 Å². The minimum absolute atomic E-state index is 0.870. The van der Waals surface area contributed by atoms with Crippen LogP contribution in [0.25, 0.3) is 0 Å². The number of nitrogens with two attached hydrogens (primary N) is 1. The number of hydrogen-bond donors (Lipinski definition) is 1. The zero-order chi connectivity index (χ0) is 13.7. The van der Waals surface area contributed by atoms with Gasteiger partial charge in [-0.05, 0) is 24.6 Å². The summed E-state index contributed by atoms with van der Waals surface area (Å²) in [6.07, 6.45) is 5.13. The highest BCUT2D eigenvalue weighted by molar-refractivity contribution is 5.46. The smallest absolute Gasteiger partial charge is 0.0534 e. The second kappa shape index (κ2) is 6.38. The molecule has 0 atom stereocenters. The molecule has 4 heteroatoms. The summed E-state index contributed by atoms with van der Waals surface area (Å²) in [5.41, 5.74) is 9.33. The molecule has 0 saturated carbocycles. The average Bonchev–Trinajstić information content (AvgIpc) is 2.78. The quantitative estimate of drug-likeness (QED) is 0.809. The minimum atomic E-state index is 0.870. The van der Waals surface area contributed by atoms with Crippen LogP contribution in [-0.4, -0.2) is 21.2 Å². The number of anilines is 1. The second-order valence-electron chi connectivity index (χ2n) is 4.93. The lowest BCUT2D eigenvalue weighted by atomic mass is 10.1. The minimum Gasteiger partial charge on any atom is -0.398 e. The van der Waals surface area contributed by atoms with Crippen LogP contribution in [0.4, 0.5) is 5.69 Å². The molecule has 0 saturated heterocycles. The summed E-state index contributed by atoms with van der Waals surface area (Å²) in [7, 11) is 1.95. The number of nitrogens with zero attached hydrogens (tertiary/aromatic N) is 3. The van der Waals surface area contributed by atoms with Gasteiger partial charge in [-0.2, -0.15) is 5.10 Å². The zero-order valence-electron chi connectivity index (χ0n) is 11.7. The van der Waals surface area contributed by atoms with Crippen molar-refractivity contribution in [1.29, 1.82) is 0 Å². The number of hydrogen-bond acceptors (Lipinski definition) is 3. The van der Waals surface area contributed by atoms with Gasteiger partial charge in [0.25, 0.3) is 0 Å². The van der Waals surface area contributed by atoms with Crippen LogP contribution in [-0.2, 0) is 20.1 Å². The lowest BCUT2D eigenvalue weighted by molar-refractivity contribution is 0.257. The van der Waals surface area contributed by atoms with E-state index in [1.165, 1.54) is 11.1 Å². The van der Waals surface area contributed by atoms with E-state index in [0.29, 0.717) is 0 Å². The standard InChI is InChI=1S/C15H22N4/c1-3-8-19(11-13-9-17-18(2)10-13)12-14-6-4-5-7-15(14)16/h4-7,9-10H,3,8,11-12,16H2,1-2H3. The Bertz CT molecular complexity index is 518. The molecule has 0 aliphatic carbocycles. The van der Waals surface area contributed by atoms with Gasteiger partial charge < -0.3 is 5.73 Å². The molecule has 1 aromatic heterocycles. The number of nitrogen functional groups attached to an aromatic ring is 1. The summed E-state index contributed by atoms with van der Waals surface area (Å²) in [4.78, 5) is 2.41. The van der Waals surface area contributed by atoms with Gasteiger partial charge in [0.05, 0.1) is 6.20 Å². The lowest BCUT2D eigenvalue weighted by Crippen LogP contribution is -2.24. The van der Waals surface area contributed by atoms with Crippen LogP contribution in [0.3, 0.4) is 0 Å². The fraction of sp³-hybridized carbons (Fsp3) is 0.400. The highest BCUT2D eigenvalue weighted by atomic mass is 15.2. The fourth-order valence-corrected chi connectivity index (χ4v) is 2.26. The molecule has 2 aromatic rings. The highest BCUT2D eigenvalue weighted by Crippen LogP contribution is 2.15. The van der Waals surface area contributed by atoms with Crippen molar-refractivity contribution in [3.63, 3.8) is 0 Å². The van der Waals surface area contributed by atoms with Gasteiger partial charge in [-0.1, -0.05) is 25.1 Å². The summed E-state index contributed by atoms with van der Waals surface area (Å²) in [6, 6.07) is 8.08. The largest absolute Gasteiger partial charge is 0.398 e. The maximum atomic E-state index is 6.02. The van der Waals surface area contributed by atoms with Gasteiger partial charge in [-0.3, -0.25) is 9.58 Å². The van der Waals surface area contributed by atoms with Crippen molar-refractivity contribution < 1.29 is 0 Å². The van der Waals surface area contributed by atoms with Gasteiger partial charge in [-0.15, -0.1) is 0 Å². The van der Waals surface area contributed by atoms with E-state index >= 15 is 0 Å². The molecule has 0 fully saturated rings. The summed E-state index contributed by atoms with van der Waals surface area (Å²) in [5, 5.41) is 4.22. The molecule has 0 amide bonds. The van der Waals surface area contributed by atoms with Crippen molar-refractivity contribution in [2.75, 3.05) is 12.3 Å². The van der Waals surface area contributed by atoms with E-state index in [4.69, 9.17) is 5.73 Å². The second-order valence-corrected chi connectivity index (χ2v) is 4.93. The van der Waals surface area contributed by atoms with Gasteiger partial charge in [0, 0.05) is 37.6 Å². The van der Waals surface area contributed by atoms with E-state index in [-0.39, 0.29) is 0 Å². The molecule has 19 heavy (non-hydrogen) atoms. The Morgan fingerprint density at radius 3 is 2.68 bits per heavy atom. The maximum absolute atomic E-state index is 6.02. The first-order chi connectivity index (χ1) is 9.19. The Morgan fingerprint density at radius 2 is 2.05 bits per heavy atom. The van der Waals surface area contributed by atoms with Crippen molar-refractivity contribution in [1.82, 2.24) is 14.7 Å². The van der Waals surface area contributed by atoms with Crippen LogP contribution in [0, 0.1) is 0 Å². The molecule has 0 unspecified atom stereocenters. The Balaban J connectivity index is 2.06. The van der Waals surface area contributed by atoms with Gasteiger partial charge in [-0.25, -0.2) is 0 Å². The first-order valence-corrected chi connectivity index (χ1v) is 6.72. The molecule has 0 aliphatic rings. The summed E-state index contributed by atoms with van der Waals surface area (Å²) < 4.78 is 1.84. The van der Waals surface area contributed by atoms with E-state index < -0.39 is 0 Å². The van der Waals surface area contributed by atoms with E-state index in [0.717, 1.165) is 31.7 Å². The third-order valence-electron chi connectivity index (χ3n) is 3.15. The van der Waals surface area contributed by atoms with E-state index in [1.54, 1.807) is 0 Å². The Labute approximate surface area is 114 Å². The van der Waals surface area contributed by atoms with Crippen molar-refractivity contribution in [3.8, 4) is 0 Å². The number of rotatable bonds is 6. The molecule has 1 aromatic carbocycles. The fourth-order valence-electron chi connectivity index (χ4n) is 2.26. The maximum Gasteiger partial charge on any atom is 0.0534 e. The molecule has 0 radical (unpaired) electrons. The number of aromatic nitrogens is 2. The van der Waals surface area contributed by atoms with Gasteiger partial charge in [0.15, 0.2) is 0 Å². The van der Waals surface area contributed by atoms with Crippen molar-refractivity contribution in [3.05, 3.63) is 47.8 Å². The highest BCUT2D eigenvalue weighted by Gasteiger charge is 2.09. The van der Waals surface area contributed by atoms with Gasteiger partial charge in [0.1, 0.15) is 0 Å². The number of benzene rings is 1. The van der Waals surface area contributed by atoms with Crippen LogP contribution < -0.4 is 5.73 Å². The molecular formula is C15H22N4. The van der Waals surface area contributed by atoms with Crippen molar-refractivity contribution >= 4 is 5.69 Å². The molecule has 4 nitrogen and oxygen atoms in total. The molecule has 0 aliphatic heterocycles. The van der Waals surface area contributed by atoms with Crippen LogP contribution in [0.5, 0.6) is 0 Å². The molecule has 0 bridgehead atoms. The van der Waals surface area contributed by atoms with Gasteiger partial charge in [0.2, 0.25) is 0 Å². The number of aryl methyl sites for hydroxylation is 1. The predicted molar refractivity (Wildman–Crippen MR) is 78.5 cm³/mol. The molecular weight excluding hydrogens is 236 g/mol. The Hall–Kier alpha value is -1.81. The number of para-hydroxylation sites is 1. The van der Waals surface area contributed by atoms with Crippen molar-refractivity contribution in [2.24, 2.45) is 7.05 Å². The Kier molecular flexibility index (Phi) is 4.58. The van der Waals surface area contributed by atoms with Crippen LogP contribution in [0.15, 0.2) is 36.7 Å². The molecule has 2 N–H and O–H groups in total. The first kappa shape index (κ1) is 13.6. The third kappa shape index (κ3) is 3.83. The lowest BCUT2D eigenvalue weighted by Gasteiger charge is -2.21. The average molecular weight is 258 g/mol. The van der Waals surface area contributed by atoms with Crippen LogP contribution >= 0.6 is 0 Å². The molecule has 0 spiro atoms. The Morgan fingerprint density at radius 1 is 1.26 bits per heavy atom. The van der Waals surface area contributed by atoms with Gasteiger partial charge >= 0.3 is 0 Å². The monoisotopic (exact) mass is 258 g/mol. The third-order valence-corrected chi connectivity index (χ3v) is 3.15. The zero-order valence-corrected chi connectivity index (χ0v) is 11.7. The predicted octanol–water partition coefficient (Wildman–Crippen LogP) is 2.41. The van der Waals surface area contributed by atoms with Crippen molar-refractivity contribution in [2.45, 2.75) is 26.4 Å². The summed E-state index contributed by atoms with van der Waals surface area (Å²) in [5.74, 6) is 0. The van der Waals surface area contributed by atoms with E-state index in [2.05, 4.69) is 29.2 Å². The molecule has 2 rings (SSSR count). The first-order valence-electron chi connectivity index (χ1n) is 6.72. The SMILES string of the molecule is CCCN(Cc1cnn(C)c1)Cc1ccccc1N. The topological polar surface area (TPSA) is 47.1 Å². The van der Waals surface area contributed by atoms with E-state index in [1.807, 2.05) is 36.1 Å². The normalized spacial score (nSPS) is 11.1.